The van der Waals surface area contributed by atoms with Gasteiger partial charge in [0.15, 0.2) is 0 Å². The van der Waals surface area contributed by atoms with E-state index in [0.717, 1.165) is 36.2 Å². The molecule has 26 heavy (non-hydrogen) atoms. The number of sulfonamides is 1. The molecule has 136 valence electrons. The zero-order valence-electron chi connectivity index (χ0n) is 14.7. The second-order valence-electron chi connectivity index (χ2n) is 6.67. The summed E-state index contributed by atoms with van der Waals surface area (Å²) in [6.45, 7) is 2.61. The molecule has 2 heterocycles. The summed E-state index contributed by atoms with van der Waals surface area (Å²) in [5.74, 6) is 0.446. The summed E-state index contributed by atoms with van der Waals surface area (Å²) in [5.41, 5.74) is 3.40. The fourth-order valence-electron chi connectivity index (χ4n) is 3.72. The van der Waals surface area contributed by atoms with Gasteiger partial charge in [-0.05, 0) is 67.3 Å². The summed E-state index contributed by atoms with van der Waals surface area (Å²) in [5, 5.41) is 0. The molecular weight excluding hydrogens is 352 g/mol. The molecule has 0 fully saturated rings. The first-order chi connectivity index (χ1) is 12.4. The van der Waals surface area contributed by atoms with E-state index in [-0.39, 0.29) is 16.7 Å². The second kappa shape index (κ2) is 6.02. The van der Waals surface area contributed by atoms with Gasteiger partial charge >= 0.3 is 0 Å². The predicted molar refractivity (Wildman–Crippen MR) is 99.3 cm³/mol. The Bertz CT molecular complexity index is 983. The Morgan fingerprint density at radius 1 is 1.19 bits per heavy atom. The molecule has 0 saturated carbocycles. The quantitative estimate of drug-likeness (QED) is 0.895. The first kappa shape index (κ1) is 16.9. The minimum atomic E-state index is -3.71. The molecule has 2 aromatic rings. The molecule has 2 aromatic carbocycles. The van der Waals surface area contributed by atoms with Gasteiger partial charge < -0.3 is 9.64 Å². The number of rotatable bonds is 4. The van der Waals surface area contributed by atoms with Crippen molar-refractivity contribution in [2.24, 2.45) is 0 Å². The highest BCUT2D eigenvalue weighted by molar-refractivity contribution is 7.92. The summed E-state index contributed by atoms with van der Waals surface area (Å²) in [6.07, 6.45) is 1.73. The van der Waals surface area contributed by atoms with Crippen LogP contribution in [0.15, 0.2) is 41.3 Å². The van der Waals surface area contributed by atoms with Crippen molar-refractivity contribution in [3.63, 3.8) is 0 Å². The lowest BCUT2D eigenvalue weighted by Gasteiger charge is -2.26. The molecule has 1 unspecified atom stereocenters. The van der Waals surface area contributed by atoms with E-state index in [9.17, 15) is 13.2 Å². The molecule has 1 atom stereocenters. The van der Waals surface area contributed by atoms with Crippen LogP contribution in [0, 0.1) is 0 Å². The zero-order valence-corrected chi connectivity index (χ0v) is 15.5. The number of carbonyl (C=O) groups is 1. The third-order valence-corrected chi connectivity index (χ3v) is 6.44. The standard InChI is InChI=1S/C19H20N2O4S/c1-12-17-11-14(10-13-4-3-9-21(18(13)17)19(12)22)20-26(23,24)16-7-5-15(25-2)6-8-16/h5-8,10-12,20H,3-4,9H2,1-2H3. The number of methoxy groups -OCH3 is 1. The van der Waals surface area contributed by atoms with E-state index in [2.05, 4.69) is 4.72 Å². The van der Waals surface area contributed by atoms with Gasteiger partial charge in [-0.3, -0.25) is 9.52 Å². The molecule has 6 nitrogen and oxygen atoms in total. The maximum absolute atomic E-state index is 12.7. The normalized spacial score (nSPS) is 18.6. The van der Waals surface area contributed by atoms with Gasteiger partial charge in [0.25, 0.3) is 10.0 Å². The lowest BCUT2D eigenvalue weighted by atomic mass is 9.96. The van der Waals surface area contributed by atoms with Crippen LogP contribution in [0.2, 0.25) is 0 Å². The van der Waals surface area contributed by atoms with E-state index >= 15 is 0 Å². The van der Waals surface area contributed by atoms with Crippen LogP contribution in [0.1, 0.15) is 30.4 Å². The minimum Gasteiger partial charge on any atom is -0.497 e. The van der Waals surface area contributed by atoms with Crippen LogP contribution < -0.4 is 14.4 Å². The van der Waals surface area contributed by atoms with Gasteiger partial charge in [0.1, 0.15) is 5.75 Å². The van der Waals surface area contributed by atoms with E-state index in [4.69, 9.17) is 4.74 Å². The highest BCUT2D eigenvalue weighted by atomic mass is 32.2. The first-order valence-electron chi connectivity index (χ1n) is 8.56. The Hall–Kier alpha value is -2.54. The molecule has 0 aromatic heterocycles. The largest absolute Gasteiger partial charge is 0.497 e. The Morgan fingerprint density at radius 3 is 2.62 bits per heavy atom. The maximum atomic E-state index is 12.7. The predicted octanol–water partition coefficient (Wildman–Crippen LogP) is 2.89. The molecule has 0 aliphatic carbocycles. The Labute approximate surface area is 152 Å². The summed E-state index contributed by atoms with van der Waals surface area (Å²) in [4.78, 5) is 14.4. The van der Waals surface area contributed by atoms with Crippen molar-refractivity contribution in [2.45, 2.75) is 30.6 Å². The number of carbonyl (C=O) groups excluding carboxylic acids is 1. The third-order valence-electron chi connectivity index (χ3n) is 5.04. The summed E-state index contributed by atoms with van der Waals surface area (Å²) in [7, 11) is -2.18. The molecule has 1 amide bonds. The van der Waals surface area contributed by atoms with Crippen LogP contribution in [0.25, 0.3) is 0 Å². The van der Waals surface area contributed by atoms with Gasteiger partial charge in [-0.15, -0.1) is 0 Å². The first-order valence-corrected chi connectivity index (χ1v) is 10.0. The zero-order chi connectivity index (χ0) is 18.5. The molecule has 1 N–H and O–H groups in total. The van der Waals surface area contributed by atoms with Crippen molar-refractivity contribution in [3.05, 3.63) is 47.5 Å². The lowest BCUT2D eigenvalue weighted by Crippen LogP contribution is -2.32. The number of hydrogen-bond acceptors (Lipinski definition) is 4. The van der Waals surface area contributed by atoms with Crippen LogP contribution in [-0.4, -0.2) is 28.0 Å². The van der Waals surface area contributed by atoms with E-state index < -0.39 is 10.0 Å². The molecule has 0 spiro atoms. The number of hydrogen-bond donors (Lipinski definition) is 1. The van der Waals surface area contributed by atoms with Crippen molar-refractivity contribution >= 4 is 27.3 Å². The molecular formula is C19H20N2O4S. The SMILES string of the molecule is COc1ccc(S(=O)(=O)Nc2cc3c4c(c2)C(C)C(=O)N4CCC3)cc1. The van der Waals surface area contributed by atoms with Gasteiger partial charge in [0, 0.05) is 12.2 Å². The van der Waals surface area contributed by atoms with Crippen LogP contribution in [0.3, 0.4) is 0 Å². The van der Waals surface area contributed by atoms with E-state index in [1.54, 1.807) is 18.2 Å². The minimum absolute atomic E-state index is 0.0936. The highest BCUT2D eigenvalue weighted by Crippen LogP contribution is 2.44. The van der Waals surface area contributed by atoms with Gasteiger partial charge in [0.05, 0.1) is 23.6 Å². The van der Waals surface area contributed by atoms with Crippen molar-refractivity contribution in [2.75, 3.05) is 23.3 Å². The number of aryl methyl sites for hydroxylation is 1. The molecule has 0 saturated heterocycles. The van der Waals surface area contributed by atoms with Crippen molar-refractivity contribution in [1.29, 1.82) is 0 Å². The van der Waals surface area contributed by atoms with Gasteiger partial charge in [0.2, 0.25) is 5.91 Å². The third kappa shape index (κ3) is 2.63. The van der Waals surface area contributed by atoms with Crippen molar-refractivity contribution in [1.82, 2.24) is 0 Å². The Balaban J connectivity index is 1.70. The molecule has 2 aliphatic heterocycles. The maximum Gasteiger partial charge on any atom is 0.261 e. The number of nitrogens with one attached hydrogen (secondary N) is 1. The average Bonchev–Trinajstić information content (AvgIpc) is 2.88. The van der Waals surface area contributed by atoms with Gasteiger partial charge in [-0.1, -0.05) is 0 Å². The van der Waals surface area contributed by atoms with E-state index in [1.807, 2.05) is 17.9 Å². The fraction of sp³-hybridized carbons (Fsp3) is 0.316. The molecule has 0 radical (unpaired) electrons. The highest BCUT2D eigenvalue weighted by Gasteiger charge is 2.38. The number of ether oxygens (including phenoxy) is 1. The summed E-state index contributed by atoms with van der Waals surface area (Å²) < 4.78 is 33.1. The number of anilines is 2. The van der Waals surface area contributed by atoms with Crippen molar-refractivity contribution < 1.29 is 17.9 Å². The lowest BCUT2D eigenvalue weighted by molar-refractivity contribution is -0.119. The molecule has 0 bridgehead atoms. The monoisotopic (exact) mass is 372 g/mol. The Kier molecular flexibility index (Phi) is 3.91. The summed E-state index contributed by atoms with van der Waals surface area (Å²) in [6, 6.07) is 9.86. The summed E-state index contributed by atoms with van der Waals surface area (Å²) >= 11 is 0. The number of nitrogens with zero attached hydrogens (tertiary/aromatic N) is 1. The van der Waals surface area contributed by atoms with Gasteiger partial charge in [-0.25, -0.2) is 8.42 Å². The van der Waals surface area contributed by atoms with Crippen LogP contribution >= 0.6 is 0 Å². The number of amides is 1. The number of benzene rings is 2. The van der Waals surface area contributed by atoms with Crippen LogP contribution in [-0.2, 0) is 21.2 Å². The van der Waals surface area contributed by atoms with Crippen molar-refractivity contribution in [3.8, 4) is 5.75 Å². The smallest absolute Gasteiger partial charge is 0.261 e. The van der Waals surface area contributed by atoms with Crippen LogP contribution in [0.4, 0.5) is 11.4 Å². The fourth-order valence-corrected chi connectivity index (χ4v) is 4.76. The van der Waals surface area contributed by atoms with E-state index in [0.29, 0.717) is 11.4 Å². The van der Waals surface area contributed by atoms with Gasteiger partial charge in [-0.2, -0.15) is 0 Å². The molecule has 2 aliphatic rings. The second-order valence-corrected chi connectivity index (χ2v) is 8.35. The van der Waals surface area contributed by atoms with Crippen LogP contribution in [0.5, 0.6) is 5.75 Å². The Morgan fingerprint density at radius 2 is 1.92 bits per heavy atom. The topological polar surface area (TPSA) is 75.7 Å². The average molecular weight is 372 g/mol. The molecule has 4 rings (SSSR count). The molecule has 7 heteroatoms. The van der Waals surface area contributed by atoms with E-state index in [1.165, 1.54) is 19.2 Å².